The summed E-state index contributed by atoms with van der Waals surface area (Å²) in [6.07, 6.45) is 3.80. The number of carbonyl (C=O) groups is 1. The summed E-state index contributed by atoms with van der Waals surface area (Å²) in [6.45, 7) is -0.720. The predicted octanol–water partition coefficient (Wildman–Crippen LogP) is 3.85. The number of halogens is 2. The Kier molecular flexibility index (Phi) is 6.70. The van der Waals surface area contributed by atoms with Crippen LogP contribution in [0.2, 0.25) is 0 Å². The van der Waals surface area contributed by atoms with Crippen molar-refractivity contribution in [3.8, 4) is 5.75 Å². The van der Waals surface area contributed by atoms with Crippen LogP contribution in [-0.2, 0) is 11.3 Å². The molecule has 0 atom stereocenters. The van der Waals surface area contributed by atoms with Crippen molar-refractivity contribution in [3.05, 3.63) is 48.4 Å². The molecule has 0 aliphatic carbocycles. The molecule has 3 heterocycles. The number of benzene rings is 1. The lowest BCUT2D eigenvalue weighted by Gasteiger charge is -2.17. The van der Waals surface area contributed by atoms with Crippen LogP contribution in [0.1, 0.15) is 18.6 Å². The fourth-order valence-corrected chi connectivity index (χ4v) is 4.05. The second kappa shape index (κ2) is 9.82. The van der Waals surface area contributed by atoms with Gasteiger partial charge in [0.2, 0.25) is 11.9 Å². The lowest BCUT2D eigenvalue weighted by molar-refractivity contribution is -0.113. The number of thioether (sulfide) groups is 1. The van der Waals surface area contributed by atoms with E-state index in [1.54, 1.807) is 18.4 Å². The molecule has 2 aromatic heterocycles. The van der Waals surface area contributed by atoms with Gasteiger partial charge < -0.3 is 19.4 Å². The van der Waals surface area contributed by atoms with Gasteiger partial charge in [0.15, 0.2) is 5.16 Å². The van der Waals surface area contributed by atoms with E-state index in [9.17, 15) is 13.6 Å². The number of alkyl halides is 2. The van der Waals surface area contributed by atoms with E-state index in [0.29, 0.717) is 11.7 Å². The fourth-order valence-electron chi connectivity index (χ4n) is 3.32. The van der Waals surface area contributed by atoms with Gasteiger partial charge in [-0.3, -0.25) is 9.36 Å². The predicted molar refractivity (Wildman–Crippen MR) is 112 cm³/mol. The minimum atomic E-state index is -2.98. The lowest BCUT2D eigenvalue weighted by Crippen LogP contribution is -2.23. The number of rotatable bonds is 9. The minimum Gasteiger partial charge on any atom is -0.467 e. The quantitative estimate of drug-likeness (QED) is 0.497. The highest BCUT2D eigenvalue weighted by Crippen LogP contribution is 2.28. The van der Waals surface area contributed by atoms with E-state index in [4.69, 9.17) is 4.42 Å². The molecular formula is C20H21F2N5O3S. The van der Waals surface area contributed by atoms with Gasteiger partial charge in [-0.05, 0) is 37.1 Å². The van der Waals surface area contributed by atoms with Gasteiger partial charge in [-0.25, -0.2) is 0 Å². The molecule has 0 radical (unpaired) electrons. The molecule has 8 nitrogen and oxygen atoms in total. The van der Waals surface area contributed by atoms with E-state index in [1.165, 1.54) is 23.9 Å². The first-order chi connectivity index (χ1) is 15.1. The Morgan fingerprint density at radius 3 is 2.74 bits per heavy atom. The molecule has 3 aromatic rings. The second-order valence-corrected chi connectivity index (χ2v) is 7.80. The van der Waals surface area contributed by atoms with Gasteiger partial charge in [0.05, 0.1) is 24.2 Å². The summed E-state index contributed by atoms with van der Waals surface area (Å²) in [5, 5.41) is 11.8. The average molecular weight is 449 g/mol. The third-order valence-corrected chi connectivity index (χ3v) is 5.66. The van der Waals surface area contributed by atoms with E-state index < -0.39 is 6.61 Å². The van der Waals surface area contributed by atoms with Crippen LogP contribution in [0.15, 0.2) is 52.2 Å². The number of aromatic nitrogens is 3. The van der Waals surface area contributed by atoms with Crippen LogP contribution in [-0.4, -0.2) is 46.1 Å². The first kappa shape index (κ1) is 21.2. The average Bonchev–Trinajstić information content (AvgIpc) is 3.50. The molecule has 1 amide bonds. The van der Waals surface area contributed by atoms with Gasteiger partial charge in [-0.1, -0.05) is 23.9 Å². The lowest BCUT2D eigenvalue weighted by atomic mass is 10.3. The van der Waals surface area contributed by atoms with Crippen molar-refractivity contribution in [2.75, 3.05) is 29.1 Å². The molecule has 1 aliphatic heterocycles. The minimum absolute atomic E-state index is 0.0271. The van der Waals surface area contributed by atoms with Crippen molar-refractivity contribution < 1.29 is 22.7 Å². The van der Waals surface area contributed by atoms with Gasteiger partial charge in [-0.2, -0.15) is 8.78 Å². The number of amides is 1. The van der Waals surface area contributed by atoms with Gasteiger partial charge in [0, 0.05) is 13.1 Å². The molecule has 31 heavy (non-hydrogen) atoms. The van der Waals surface area contributed by atoms with Crippen LogP contribution < -0.4 is 15.0 Å². The SMILES string of the molecule is O=C(CSc1nnc(N2CCCC2)n1Cc1ccco1)Nc1ccccc1OC(F)F. The Bertz CT molecular complexity index is 1010. The molecule has 1 saturated heterocycles. The Morgan fingerprint density at radius 1 is 1.19 bits per heavy atom. The van der Waals surface area contributed by atoms with Crippen LogP contribution in [0.25, 0.3) is 0 Å². The number of furan rings is 1. The van der Waals surface area contributed by atoms with Crippen LogP contribution in [0.5, 0.6) is 5.75 Å². The maximum Gasteiger partial charge on any atom is 0.387 e. The maximum atomic E-state index is 12.6. The molecule has 1 aliphatic rings. The second-order valence-electron chi connectivity index (χ2n) is 6.85. The van der Waals surface area contributed by atoms with E-state index in [-0.39, 0.29) is 23.1 Å². The molecule has 0 unspecified atom stereocenters. The highest BCUT2D eigenvalue weighted by Gasteiger charge is 2.22. The highest BCUT2D eigenvalue weighted by molar-refractivity contribution is 7.99. The van der Waals surface area contributed by atoms with Crippen LogP contribution in [0, 0.1) is 0 Å². The van der Waals surface area contributed by atoms with Crippen LogP contribution in [0.3, 0.4) is 0 Å². The smallest absolute Gasteiger partial charge is 0.387 e. The Balaban J connectivity index is 1.45. The Hall–Kier alpha value is -3.08. The molecule has 1 N–H and O–H groups in total. The maximum absolute atomic E-state index is 12.6. The Labute approximate surface area is 181 Å². The molecule has 11 heteroatoms. The number of ether oxygens (including phenoxy) is 1. The van der Waals surface area contributed by atoms with E-state index in [2.05, 4.69) is 25.2 Å². The first-order valence-corrected chi connectivity index (χ1v) is 10.8. The van der Waals surface area contributed by atoms with Crippen molar-refractivity contribution in [2.24, 2.45) is 0 Å². The van der Waals surface area contributed by atoms with Gasteiger partial charge in [0.1, 0.15) is 11.5 Å². The third kappa shape index (κ3) is 5.35. The molecule has 0 saturated carbocycles. The van der Waals surface area contributed by atoms with E-state index >= 15 is 0 Å². The summed E-state index contributed by atoms with van der Waals surface area (Å²) >= 11 is 1.22. The zero-order valence-electron chi connectivity index (χ0n) is 16.5. The molecule has 1 aromatic carbocycles. The topological polar surface area (TPSA) is 85.4 Å². The van der Waals surface area contributed by atoms with Crippen LogP contribution in [0.4, 0.5) is 20.4 Å². The summed E-state index contributed by atoms with van der Waals surface area (Å²) in [5.74, 6) is 1.06. The summed E-state index contributed by atoms with van der Waals surface area (Å²) in [6, 6.07) is 9.74. The van der Waals surface area contributed by atoms with Gasteiger partial charge in [-0.15, -0.1) is 10.2 Å². The van der Waals surface area contributed by atoms with Crippen molar-refractivity contribution in [3.63, 3.8) is 0 Å². The van der Waals surface area contributed by atoms with Gasteiger partial charge in [0.25, 0.3) is 0 Å². The van der Waals surface area contributed by atoms with Gasteiger partial charge >= 0.3 is 6.61 Å². The largest absolute Gasteiger partial charge is 0.467 e. The third-order valence-electron chi connectivity index (χ3n) is 4.69. The Morgan fingerprint density at radius 2 is 2.00 bits per heavy atom. The first-order valence-electron chi connectivity index (χ1n) is 9.77. The van der Waals surface area contributed by atoms with E-state index in [0.717, 1.165) is 37.6 Å². The molecular weight excluding hydrogens is 428 g/mol. The standard InChI is InChI=1S/C20H21F2N5O3S/c21-18(22)30-16-8-2-1-7-15(16)23-17(28)13-31-20-25-24-19(26-9-3-4-10-26)27(20)12-14-6-5-11-29-14/h1-2,5-8,11,18H,3-4,9-10,12-13H2,(H,23,28). The van der Waals surface area contributed by atoms with Crippen molar-refractivity contribution in [1.29, 1.82) is 0 Å². The van der Waals surface area contributed by atoms with Crippen molar-refractivity contribution in [2.45, 2.75) is 31.2 Å². The highest BCUT2D eigenvalue weighted by atomic mass is 32.2. The number of hydrogen-bond acceptors (Lipinski definition) is 7. The van der Waals surface area contributed by atoms with E-state index in [1.807, 2.05) is 16.7 Å². The van der Waals surface area contributed by atoms with Crippen LogP contribution >= 0.6 is 11.8 Å². The monoisotopic (exact) mass is 449 g/mol. The van der Waals surface area contributed by atoms with Crippen molar-refractivity contribution in [1.82, 2.24) is 14.8 Å². The number of hydrogen-bond donors (Lipinski definition) is 1. The zero-order valence-corrected chi connectivity index (χ0v) is 17.4. The molecule has 1 fully saturated rings. The summed E-state index contributed by atoms with van der Waals surface area (Å²) in [4.78, 5) is 14.6. The molecule has 164 valence electrons. The molecule has 0 bridgehead atoms. The zero-order chi connectivity index (χ0) is 21.6. The summed E-state index contributed by atoms with van der Waals surface area (Å²) in [5.41, 5.74) is 0.184. The molecule has 4 rings (SSSR count). The number of nitrogens with zero attached hydrogens (tertiary/aromatic N) is 4. The van der Waals surface area contributed by atoms with Crippen molar-refractivity contribution >= 4 is 29.3 Å². The molecule has 0 spiro atoms. The number of anilines is 2. The summed E-state index contributed by atoms with van der Waals surface area (Å²) < 4.78 is 37.0. The fraction of sp³-hybridized carbons (Fsp3) is 0.350. The number of carbonyl (C=O) groups excluding carboxylic acids is 1. The number of para-hydroxylation sites is 2. The number of nitrogens with one attached hydrogen (secondary N) is 1. The normalized spacial score (nSPS) is 13.7. The summed E-state index contributed by atoms with van der Waals surface area (Å²) in [7, 11) is 0.